The number of aromatic hydroxyl groups is 1. The molecule has 39 heavy (non-hydrogen) atoms. The lowest BCUT2D eigenvalue weighted by molar-refractivity contribution is 0.0686. The Kier molecular flexibility index (Phi) is 7.40. The molecule has 0 bridgehead atoms. The van der Waals surface area contributed by atoms with Crippen molar-refractivity contribution >= 4 is 98.2 Å². The summed E-state index contributed by atoms with van der Waals surface area (Å²) < 4.78 is 7.63. The number of hydrogen-bond acceptors (Lipinski definition) is 5. The number of benzene rings is 4. The Labute approximate surface area is 257 Å². The first-order chi connectivity index (χ1) is 18.4. The second-order valence-electron chi connectivity index (χ2n) is 8.31. The topological polar surface area (TPSA) is 125 Å². The van der Waals surface area contributed by atoms with Gasteiger partial charge in [-0.3, -0.25) is 4.79 Å². The molecule has 3 aromatic carbocycles. The SMILES string of the molecule is O=C(O)c1ccc(-c2cc3c(-c4c(Br)c(Br)c(Br)c(Br)c4C(=O)O)c4cc(Cl)c(O)cc4oc-3cc2=O)cc1. The lowest BCUT2D eigenvalue weighted by atomic mass is 9.88. The smallest absolute Gasteiger partial charge is 0.337 e. The summed E-state index contributed by atoms with van der Waals surface area (Å²) in [5, 5.41) is 30.1. The van der Waals surface area contributed by atoms with Gasteiger partial charge in [-0.25, -0.2) is 9.59 Å². The first kappa shape index (κ1) is 27.9. The summed E-state index contributed by atoms with van der Waals surface area (Å²) in [5.41, 5.74) is 1.42. The van der Waals surface area contributed by atoms with Gasteiger partial charge in [0.1, 0.15) is 17.1 Å². The van der Waals surface area contributed by atoms with Crippen molar-refractivity contribution in [2.75, 3.05) is 0 Å². The fourth-order valence-corrected chi connectivity index (χ4v) is 6.93. The molecule has 0 radical (unpaired) electrons. The summed E-state index contributed by atoms with van der Waals surface area (Å²) in [6, 6.07) is 11.4. The minimum atomic E-state index is -1.23. The molecule has 2 aliphatic rings. The molecular formula is C27H11Br4ClO7. The van der Waals surface area contributed by atoms with E-state index in [1.807, 2.05) is 0 Å². The summed E-state index contributed by atoms with van der Waals surface area (Å²) in [6.45, 7) is 0. The molecule has 0 saturated carbocycles. The van der Waals surface area contributed by atoms with E-state index in [1.54, 1.807) is 6.07 Å². The van der Waals surface area contributed by atoms with E-state index in [0.717, 1.165) is 0 Å². The molecule has 1 aliphatic carbocycles. The molecule has 0 atom stereocenters. The maximum Gasteiger partial charge on any atom is 0.337 e. The van der Waals surface area contributed by atoms with E-state index < -0.39 is 17.4 Å². The maximum atomic E-state index is 13.2. The highest BCUT2D eigenvalue weighted by molar-refractivity contribution is 9.15. The number of fused-ring (bicyclic) bond motifs is 2. The van der Waals surface area contributed by atoms with E-state index in [0.29, 0.717) is 35.5 Å². The third kappa shape index (κ3) is 4.70. The molecule has 0 fully saturated rings. The summed E-state index contributed by atoms with van der Waals surface area (Å²) in [4.78, 5) is 37.1. The van der Waals surface area contributed by atoms with Gasteiger partial charge in [-0.1, -0.05) is 23.7 Å². The molecule has 196 valence electrons. The van der Waals surface area contributed by atoms with Crippen molar-refractivity contribution in [1.82, 2.24) is 0 Å². The van der Waals surface area contributed by atoms with E-state index in [1.165, 1.54) is 42.5 Å². The number of halogens is 5. The number of carbonyl (C=O) groups is 2. The van der Waals surface area contributed by atoms with E-state index in [-0.39, 0.29) is 48.8 Å². The highest BCUT2D eigenvalue weighted by Gasteiger charge is 2.30. The van der Waals surface area contributed by atoms with Gasteiger partial charge in [0.25, 0.3) is 0 Å². The quantitative estimate of drug-likeness (QED) is 0.0942. The van der Waals surface area contributed by atoms with Crippen LogP contribution < -0.4 is 5.43 Å². The maximum absolute atomic E-state index is 13.2. The molecule has 1 heterocycles. The molecule has 7 nitrogen and oxygen atoms in total. The summed E-state index contributed by atoms with van der Waals surface area (Å²) in [6.07, 6.45) is 0. The summed E-state index contributed by atoms with van der Waals surface area (Å²) >= 11 is 20.1. The number of carboxylic acids is 2. The summed E-state index contributed by atoms with van der Waals surface area (Å²) in [7, 11) is 0. The Hall–Kier alpha value is -2.70. The van der Waals surface area contributed by atoms with Crippen LogP contribution in [0.1, 0.15) is 20.7 Å². The molecule has 0 spiro atoms. The Morgan fingerprint density at radius 2 is 1.41 bits per heavy atom. The number of rotatable bonds is 4. The second-order valence-corrected chi connectivity index (χ2v) is 11.9. The molecule has 3 aromatic rings. The standard InChI is InChI=1S/C27H11Br4ClO7/c28-22-20(21(27(37)38)23(29)25(31)24(22)30)19-12-5-11(9-1-3-10(4-2-9)26(35)36)15(33)7-17(12)39-18-8-16(34)14(32)6-13(18)19/h1-8,34H,(H,35,36)(H,37,38). The third-order valence-corrected chi connectivity index (χ3v) is 11.1. The van der Waals surface area contributed by atoms with Gasteiger partial charge in [0.05, 0.1) is 16.1 Å². The second kappa shape index (κ2) is 10.4. The molecule has 0 amide bonds. The van der Waals surface area contributed by atoms with Gasteiger partial charge in [-0.15, -0.1) is 0 Å². The molecule has 0 aromatic heterocycles. The number of phenolic OH excluding ortho intramolecular Hbond substituents is 1. The third-order valence-electron chi connectivity index (χ3n) is 6.06. The van der Waals surface area contributed by atoms with E-state index in [2.05, 4.69) is 63.7 Å². The molecule has 0 unspecified atom stereocenters. The van der Waals surface area contributed by atoms with Crippen LogP contribution in [0.5, 0.6) is 5.75 Å². The Morgan fingerprint density at radius 3 is 2.03 bits per heavy atom. The van der Waals surface area contributed by atoms with Crippen molar-refractivity contribution in [2.45, 2.75) is 0 Å². The number of hydrogen-bond donors (Lipinski definition) is 3. The van der Waals surface area contributed by atoms with Crippen LogP contribution in [0.4, 0.5) is 0 Å². The van der Waals surface area contributed by atoms with Crippen molar-refractivity contribution in [3.63, 3.8) is 0 Å². The van der Waals surface area contributed by atoms with Crippen molar-refractivity contribution in [2.24, 2.45) is 0 Å². The van der Waals surface area contributed by atoms with Gasteiger partial charge in [0.15, 0.2) is 5.43 Å². The lowest BCUT2D eigenvalue weighted by Crippen LogP contribution is -2.08. The van der Waals surface area contributed by atoms with Crippen molar-refractivity contribution in [3.05, 3.63) is 92.8 Å². The van der Waals surface area contributed by atoms with Crippen LogP contribution in [0.2, 0.25) is 5.02 Å². The van der Waals surface area contributed by atoms with Gasteiger partial charge in [0, 0.05) is 57.7 Å². The van der Waals surface area contributed by atoms with Crippen LogP contribution >= 0.6 is 75.3 Å². The normalized spacial score (nSPS) is 11.3. The average molecular weight is 802 g/mol. The van der Waals surface area contributed by atoms with E-state index in [4.69, 9.17) is 16.0 Å². The molecule has 3 N–H and O–H groups in total. The first-order valence-corrected chi connectivity index (χ1v) is 14.3. The van der Waals surface area contributed by atoms with Crippen molar-refractivity contribution in [1.29, 1.82) is 0 Å². The zero-order valence-corrected chi connectivity index (χ0v) is 26.1. The molecular weight excluding hydrogens is 791 g/mol. The molecule has 5 rings (SSSR count). The fourth-order valence-electron chi connectivity index (χ4n) is 4.28. The van der Waals surface area contributed by atoms with Crippen LogP contribution in [0.15, 0.2) is 75.6 Å². The van der Waals surface area contributed by atoms with E-state index >= 15 is 0 Å². The Bertz CT molecular complexity index is 1900. The van der Waals surface area contributed by atoms with Crippen LogP contribution in [-0.2, 0) is 0 Å². The largest absolute Gasteiger partial charge is 0.506 e. The highest BCUT2D eigenvalue weighted by atomic mass is 79.9. The first-order valence-electron chi connectivity index (χ1n) is 10.8. The van der Waals surface area contributed by atoms with Crippen molar-refractivity contribution in [3.8, 4) is 39.3 Å². The lowest BCUT2D eigenvalue weighted by Gasteiger charge is -2.21. The zero-order valence-electron chi connectivity index (χ0n) is 19.0. The average Bonchev–Trinajstić information content (AvgIpc) is 2.89. The Morgan fingerprint density at radius 1 is 0.769 bits per heavy atom. The molecule has 12 heteroatoms. The van der Waals surface area contributed by atoms with Gasteiger partial charge in [-0.2, -0.15) is 0 Å². The van der Waals surface area contributed by atoms with Crippen LogP contribution in [-0.4, -0.2) is 27.3 Å². The molecule has 1 aliphatic heterocycles. The van der Waals surface area contributed by atoms with Crippen LogP contribution in [0, 0.1) is 0 Å². The van der Waals surface area contributed by atoms with Crippen LogP contribution in [0.25, 0.3) is 44.5 Å². The molecule has 0 saturated heterocycles. The Balaban J connectivity index is 1.99. The zero-order chi connectivity index (χ0) is 28.3. The number of aromatic carboxylic acids is 2. The van der Waals surface area contributed by atoms with Gasteiger partial charge >= 0.3 is 11.9 Å². The fraction of sp³-hybridized carbons (Fsp3) is 0. The van der Waals surface area contributed by atoms with Gasteiger partial charge in [0.2, 0.25) is 0 Å². The predicted molar refractivity (Wildman–Crippen MR) is 161 cm³/mol. The predicted octanol–water partition coefficient (Wildman–Crippen LogP) is 9.04. The van der Waals surface area contributed by atoms with Gasteiger partial charge < -0.3 is 19.7 Å². The van der Waals surface area contributed by atoms with Crippen LogP contribution in [0.3, 0.4) is 0 Å². The monoisotopic (exact) mass is 798 g/mol. The minimum Gasteiger partial charge on any atom is -0.506 e. The van der Waals surface area contributed by atoms with Crippen molar-refractivity contribution < 1.29 is 29.3 Å². The number of phenols is 1. The van der Waals surface area contributed by atoms with Gasteiger partial charge in [-0.05, 0) is 93.5 Å². The number of carboxylic acid groups (broad SMARTS) is 2. The minimum absolute atomic E-state index is 0.00599. The van der Waals surface area contributed by atoms with E-state index in [9.17, 15) is 29.7 Å². The summed E-state index contributed by atoms with van der Waals surface area (Å²) in [5.74, 6) is -2.46. The highest BCUT2D eigenvalue weighted by Crippen LogP contribution is 2.51.